The van der Waals surface area contributed by atoms with Crippen LogP contribution in [0.4, 0.5) is 0 Å². The van der Waals surface area contributed by atoms with Crippen molar-refractivity contribution in [1.82, 2.24) is 14.8 Å². The molecule has 0 aliphatic carbocycles. The topological polar surface area (TPSA) is 84.6 Å². The molecule has 0 spiro atoms. The molecule has 2 heterocycles. The van der Waals surface area contributed by atoms with Gasteiger partial charge in [-0.3, -0.25) is 5.10 Å². The zero-order chi connectivity index (χ0) is 18.0. The molecule has 1 fully saturated rings. The van der Waals surface area contributed by atoms with Gasteiger partial charge >= 0.3 is 5.97 Å². The van der Waals surface area contributed by atoms with Crippen LogP contribution in [-0.2, 0) is 22.6 Å². The first kappa shape index (κ1) is 17.8. The number of ether oxygens (including phenoxy) is 1. The number of carbonyl (C=O) groups is 1. The van der Waals surface area contributed by atoms with Crippen LogP contribution in [0.15, 0.2) is 24.3 Å². The lowest BCUT2D eigenvalue weighted by Gasteiger charge is -2.19. The summed E-state index contributed by atoms with van der Waals surface area (Å²) in [5.74, 6) is 0.384. The van der Waals surface area contributed by atoms with E-state index in [0.29, 0.717) is 30.2 Å². The number of likely N-dealkylation sites (tertiary alicyclic amines) is 1. The van der Waals surface area contributed by atoms with Crippen LogP contribution in [0.25, 0.3) is 11.4 Å². The summed E-state index contributed by atoms with van der Waals surface area (Å²) < 4.78 is 7.01. The van der Waals surface area contributed by atoms with E-state index >= 15 is 0 Å². The SMILES string of the molecule is CCc1ccc(-c2nc(=S)n(C[NH+]3C[C@H](O)C[C@H]3C(=O)OC)[nH]2)cc1. The van der Waals surface area contributed by atoms with E-state index < -0.39 is 12.1 Å². The molecule has 3 rings (SSSR count). The van der Waals surface area contributed by atoms with Gasteiger partial charge < -0.3 is 14.7 Å². The van der Waals surface area contributed by atoms with Crippen molar-refractivity contribution < 1.29 is 19.5 Å². The van der Waals surface area contributed by atoms with Crippen molar-refractivity contribution >= 4 is 18.2 Å². The molecule has 1 aromatic carbocycles. The van der Waals surface area contributed by atoms with Gasteiger partial charge in [0.2, 0.25) is 4.77 Å². The number of benzene rings is 1. The smallest absolute Gasteiger partial charge is 0.364 e. The minimum Gasteiger partial charge on any atom is -0.465 e. The monoisotopic (exact) mass is 363 g/mol. The highest BCUT2D eigenvalue weighted by molar-refractivity contribution is 7.71. The average molecular weight is 363 g/mol. The lowest BCUT2D eigenvalue weighted by molar-refractivity contribution is -0.928. The number of aromatic nitrogens is 3. The molecule has 1 aliphatic rings. The summed E-state index contributed by atoms with van der Waals surface area (Å²) in [6, 6.07) is 7.78. The molecule has 1 aromatic heterocycles. The molecule has 0 radical (unpaired) electrons. The molecule has 1 saturated heterocycles. The summed E-state index contributed by atoms with van der Waals surface area (Å²) in [6.07, 6.45) is 0.868. The van der Waals surface area contributed by atoms with Gasteiger partial charge in [0.25, 0.3) is 0 Å². The Morgan fingerprint density at radius 3 is 2.84 bits per heavy atom. The van der Waals surface area contributed by atoms with Crippen LogP contribution in [-0.4, -0.2) is 51.6 Å². The Bertz CT molecular complexity index is 799. The van der Waals surface area contributed by atoms with Gasteiger partial charge in [0.15, 0.2) is 18.5 Å². The van der Waals surface area contributed by atoms with Gasteiger partial charge in [-0.25, -0.2) is 9.48 Å². The number of aliphatic hydroxyl groups is 1. The summed E-state index contributed by atoms with van der Waals surface area (Å²) >= 11 is 5.35. The van der Waals surface area contributed by atoms with Gasteiger partial charge in [0, 0.05) is 12.0 Å². The minimum absolute atomic E-state index is 0.312. The molecule has 1 aliphatic heterocycles. The Morgan fingerprint density at radius 2 is 2.20 bits per heavy atom. The van der Waals surface area contributed by atoms with Gasteiger partial charge in [-0.2, -0.15) is 4.98 Å². The number of aryl methyl sites for hydroxylation is 1. The number of H-pyrrole nitrogens is 1. The predicted octanol–water partition coefficient (Wildman–Crippen LogP) is 0.319. The first-order valence-corrected chi connectivity index (χ1v) is 8.79. The molecular weight excluding hydrogens is 340 g/mol. The molecule has 7 nitrogen and oxygen atoms in total. The van der Waals surface area contributed by atoms with Crippen molar-refractivity contribution in [2.75, 3.05) is 13.7 Å². The lowest BCUT2D eigenvalue weighted by Crippen LogP contribution is -3.14. The van der Waals surface area contributed by atoms with E-state index in [2.05, 4.69) is 29.1 Å². The van der Waals surface area contributed by atoms with E-state index in [1.165, 1.54) is 12.7 Å². The van der Waals surface area contributed by atoms with Crippen LogP contribution < -0.4 is 4.90 Å². The van der Waals surface area contributed by atoms with E-state index in [4.69, 9.17) is 17.0 Å². The van der Waals surface area contributed by atoms with Crippen LogP contribution >= 0.6 is 12.2 Å². The van der Waals surface area contributed by atoms with Crippen molar-refractivity contribution in [3.05, 3.63) is 34.6 Å². The highest BCUT2D eigenvalue weighted by Crippen LogP contribution is 2.16. The van der Waals surface area contributed by atoms with Crippen LogP contribution in [0.3, 0.4) is 0 Å². The molecule has 2 aromatic rings. The summed E-state index contributed by atoms with van der Waals surface area (Å²) in [7, 11) is 1.37. The quantitative estimate of drug-likeness (QED) is 0.526. The summed E-state index contributed by atoms with van der Waals surface area (Å²) in [5.41, 5.74) is 2.22. The molecular formula is C17H23N4O3S+. The van der Waals surface area contributed by atoms with Crippen molar-refractivity contribution in [2.45, 2.75) is 38.6 Å². The molecule has 25 heavy (non-hydrogen) atoms. The molecule has 1 unspecified atom stereocenters. The second kappa shape index (κ2) is 7.47. The molecule has 134 valence electrons. The van der Waals surface area contributed by atoms with Gasteiger partial charge in [0.1, 0.15) is 12.6 Å². The van der Waals surface area contributed by atoms with E-state index in [-0.39, 0.29) is 5.97 Å². The standard InChI is InChI=1S/C17H22N4O3S/c1-3-11-4-6-12(7-5-11)15-18-17(25)21(19-15)10-20-9-13(22)8-14(20)16(23)24-2/h4-7,13-14,22H,3,8-10H2,1-2H3,(H,18,19,25)/p+1/t13-,14+/m1/s1. The molecule has 0 amide bonds. The number of nitrogens with zero attached hydrogens (tertiary/aromatic N) is 2. The molecule has 3 atom stereocenters. The number of carbonyl (C=O) groups excluding carboxylic acids is 1. The number of hydrogen-bond acceptors (Lipinski definition) is 5. The maximum Gasteiger partial charge on any atom is 0.364 e. The second-order valence-electron chi connectivity index (χ2n) is 6.32. The van der Waals surface area contributed by atoms with Crippen LogP contribution in [0.1, 0.15) is 18.9 Å². The molecule has 3 N–H and O–H groups in total. The molecule has 0 saturated carbocycles. The molecule has 8 heteroatoms. The Labute approximate surface area is 151 Å². The average Bonchev–Trinajstić information content (AvgIpc) is 3.17. The molecule has 0 bridgehead atoms. The number of aliphatic hydroxyl groups excluding tert-OH is 1. The second-order valence-corrected chi connectivity index (χ2v) is 6.68. The number of esters is 1. The van der Waals surface area contributed by atoms with Crippen molar-refractivity contribution in [3.8, 4) is 11.4 Å². The Balaban J connectivity index is 1.80. The van der Waals surface area contributed by atoms with Crippen molar-refractivity contribution in [3.63, 3.8) is 0 Å². The van der Waals surface area contributed by atoms with Crippen molar-refractivity contribution in [2.24, 2.45) is 0 Å². The maximum absolute atomic E-state index is 11.9. The highest BCUT2D eigenvalue weighted by Gasteiger charge is 2.41. The van der Waals surface area contributed by atoms with Crippen LogP contribution in [0, 0.1) is 4.77 Å². The fraction of sp³-hybridized carbons (Fsp3) is 0.471. The number of nitrogens with one attached hydrogen (secondary N) is 2. The fourth-order valence-electron chi connectivity index (χ4n) is 3.24. The zero-order valence-corrected chi connectivity index (χ0v) is 15.2. The van der Waals surface area contributed by atoms with E-state index in [0.717, 1.165) is 16.9 Å². The number of hydrogen-bond donors (Lipinski definition) is 3. The van der Waals surface area contributed by atoms with Gasteiger partial charge in [0.05, 0.1) is 7.11 Å². The van der Waals surface area contributed by atoms with Crippen LogP contribution in [0.5, 0.6) is 0 Å². The van der Waals surface area contributed by atoms with Crippen molar-refractivity contribution in [1.29, 1.82) is 0 Å². The zero-order valence-electron chi connectivity index (χ0n) is 14.4. The van der Waals surface area contributed by atoms with Gasteiger partial charge in [-0.1, -0.05) is 31.2 Å². The Morgan fingerprint density at radius 1 is 1.48 bits per heavy atom. The normalized spacial score (nSPS) is 22.9. The Kier molecular flexibility index (Phi) is 5.31. The third-order valence-corrected chi connectivity index (χ3v) is 4.97. The summed E-state index contributed by atoms with van der Waals surface area (Å²) in [6.45, 7) is 3.01. The van der Waals surface area contributed by atoms with E-state index in [9.17, 15) is 9.90 Å². The first-order valence-electron chi connectivity index (χ1n) is 8.38. The Hall–Kier alpha value is -2.03. The summed E-state index contributed by atoms with van der Waals surface area (Å²) in [4.78, 5) is 17.2. The third kappa shape index (κ3) is 3.81. The number of rotatable bonds is 5. The van der Waals surface area contributed by atoms with Gasteiger partial charge in [-0.15, -0.1) is 0 Å². The third-order valence-electron chi connectivity index (χ3n) is 4.66. The fourth-order valence-corrected chi connectivity index (χ4v) is 3.44. The van der Waals surface area contributed by atoms with Crippen LogP contribution in [0.2, 0.25) is 0 Å². The first-order chi connectivity index (χ1) is 12.0. The summed E-state index contributed by atoms with van der Waals surface area (Å²) in [5, 5.41) is 13.1. The minimum atomic E-state index is -0.516. The number of quaternary nitrogens is 1. The largest absolute Gasteiger partial charge is 0.465 e. The lowest BCUT2D eigenvalue weighted by atomic mass is 10.1. The van der Waals surface area contributed by atoms with E-state index in [1.54, 1.807) is 4.68 Å². The van der Waals surface area contributed by atoms with E-state index in [1.807, 2.05) is 12.1 Å². The number of methoxy groups -OCH3 is 1. The highest BCUT2D eigenvalue weighted by atomic mass is 32.1. The number of aromatic amines is 1. The van der Waals surface area contributed by atoms with Gasteiger partial charge in [-0.05, 0) is 24.2 Å². The maximum atomic E-state index is 11.9. The predicted molar refractivity (Wildman–Crippen MR) is 94.5 cm³/mol.